The van der Waals surface area contributed by atoms with E-state index in [0.717, 1.165) is 22.3 Å². The van der Waals surface area contributed by atoms with E-state index in [1.807, 2.05) is 50.2 Å². The van der Waals surface area contributed by atoms with E-state index in [2.05, 4.69) is 15.3 Å². The van der Waals surface area contributed by atoms with Crippen LogP contribution in [0.25, 0.3) is 11.0 Å². The molecule has 8 heteroatoms. The van der Waals surface area contributed by atoms with E-state index in [1.54, 1.807) is 14.2 Å². The Balaban J connectivity index is 1.62. The highest BCUT2D eigenvalue weighted by Gasteiger charge is 2.16. The number of nitrogens with one attached hydrogen (secondary N) is 2. The van der Waals surface area contributed by atoms with Crippen molar-refractivity contribution in [3.63, 3.8) is 0 Å². The topological polar surface area (TPSA) is 85.5 Å². The lowest BCUT2D eigenvalue weighted by Gasteiger charge is -2.18. The van der Waals surface area contributed by atoms with Gasteiger partial charge in [0.05, 0.1) is 43.7 Å². The fraction of sp³-hybridized carbons (Fsp3) is 0.333. The maximum atomic E-state index is 12.4. The number of aromatic nitrogens is 2. The molecular formula is C21H25N3O4S. The van der Waals surface area contributed by atoms with Crippen LogP contribution in [0.2, 0.25) is 0 Å². The van der Waals surface area contributed by atoms with E-state index in [9.17, 15) is 4.79 Å². The highest BCUT2D eigenvalue weighted by molar-refractivity contribution is 7.99. The number of aromatic amines is 1. The van der Waals surface area contributed by atoms with Gasteiger partial charge in [-0.15, -0.1) is 0 Å². The SMILES string of the molecule is CCOc1ccc2nc(SCC(=O)N[C@H](C)c3cc(OC)ccc3OC)[nH]c2c1. The first-order chi connectivity index (χ1) is 14.0. The predicted octanol–water partition coefficient (Wildman–Crippen LogP) is 3.95. The van der Waals surface area contributed by atoms with Gasteiger partial charge >= 0.3 is 0 Å². The van der Waals surface area contributed by atoms with E-state index in [1.165, 1.54) is 11.8 Å². The number of imidazole rings is 1. The second-order valence-electron chi connectivity index (χ2n) is 6.34. The highest BCUT2D eigenvalue weighted by atomic mass is 32.2. The van der Waals surface area contributed by atoms with Crippen LogP contribution in [-0.2, 0) is 4.79 Å². The summed E-state index contributed by atoms with van der Waals surface area (Å²) in [5, 5.41) is 3.69. The van der Waals surface area contributed by atoms with Crippen LogP contribution in [0.3, 0.4) is 0 Å². The molecule has 3 aromatic rings. The number of hydrogen-bond acceptors (Lipinski definition) is 6. The molecule has 1 aromatic heterocycles. The lowest BCUT2D eigenvalue weighted by Crippen LogP contribution is -2.28. The normalized spacial score (nSPS) is 11.9. The molecule has 0 fully saturated rings. The van der Waals surface area contributed by atoms with Gasteiger partial charge < -0.3 is 24.5 Å². The summed E-state index contributed by atoms with van der Waals surface area (Å²) >= 11 is 1.35. The third-order valence-corrected chi connectivity index (χ3v) is 5.24. The maximum Gasteiger partial charge on any atom is 0.230 e. The lowest BCUT2D eigenvalue weighted by molar-refractivity contribution is -0.119. The molecule has 3 rings (SSSR count). The summed E-state index contributed by atoms with van der Waals surface area (Å²) in [5.41, 5.74) is 2.58. The van der Waals surface area contributed by atoms with Crippen molar-refractivity contribution in [2.75, 3.05) is 26.6 Å². The number of carbonyl (C=O) groups excluding carboxylic acids is 1. The summed E-state index contributed by atoms with van der Waals surface area (Å²) in [4.78, 5) is 20.2. The summed E-state index contributed by atoms with van der Waals surface area (Å²) in [5.74, 6) is 2.36. The molecule has 0 saturated carbocycles. The number of methoxy groups -OCH3 is 2. The number of fused-ring (bicyclic) bond motifs is 1. The molecule has 0 aliphatic rings. The first kappa shape index (κ1) is 20.9. The van der Waals surface area contributed by atoms with Gasteiger partial charge in [-0.05, 0) is 44.2 Å². The number of carbonyl (C=O) groups is 1. The average Bonchev–Trinajstić information content (AvgIpc) is 3.14. The molecule has 7 nitrogen and oxygen atoms in total. The van der Waals surface area contributed by atoms with Crippen molar-refractivity contribution in [3.05, 3.63) is 42.0 Å². The average molecular weight is 416 g/mol. The number of amides is 1. The molecule has 0 saturated heterocycles. The van der Waals surface area contributed by atoms with E-state index in [-0.39, 0.29) is 17.7 Å². The van der Waals surface area contributed by atoms with Crippen molar-refractivity contribution in [2.24, 2.45) is 0 Å². The Bertz CT molecular complexity index is 989. The van der Waals surface area contributed by atoms with Gasteiger partial charge in [0.1, 0.15) is 17.2 Å². The molecule has 1 amide bonds. The zero-order valence-corrected chi connectivity index (χ0v) is 17.8. The third-order valence-electron chi connectivity index (χ3n) is 4.36. The first-order valence-corrected chi connectivity index (χ1v) is 10.3. The molecule has 2 aromatic carbocycles. The van der Waals surface area contributed by atoms with Crippen molar-refractivity contribution in [1.29, 1.82) is 0 Å². The molecule has 2 N–H and O–H groups in total. The van der Waals surface area contributed by atoms with Gasteiger partial charge in [-0.2, -0.15) is 0 Å². The number of thioether (sulfide) groups is 1. The summed E-state index contributed by atoms with van der Waals surface area (Å²) < 4.78 is 16.2. The van der Waals surface area contributed by atoms with Crippen LogP contribution in [0, 0.1) is 0 Å². The van der Waals surface area contributed by atoms with Gasteiger partial charge in [-0.25, -0.2) is 4.98 Å². The largest absolute Gasteiger partial charge is 0.497 e. The molecule has 1 atom stereocenters. The fourth-order valence-electron chi connectivity index (χ4n) is 2.96. The van der Waals surface area contributed by atoms with E-state index in [0.29, 0.717) is 23.3 Å². The van der Waals surface area contributed by atoms with Gasteiger partial charge in [0.15, 0.2) is 5.16 Å². The quantitative estimate of drug-likeness (QED) is 0.515. The van der Waals surface area contributed by atoms with Crippen LogP contribution in [0.5, 0.6) is 17.2 Å². The number of ether oxygens (including phenoxy) is 3. The molecule has 154 valence electrons. The van der Waals surface area contributed by atoms with Crippen LogP contribution in [0.1, 0.15) is 25.5 Å². The van der Waals surface area contributed by atoms with E-state index >= 15 is 0 Å². The standard InChI is InChI=1S/C21H25N3O4S/c1-5-28-15-6-8-17-18(11-15)24-21(23-17)29-12-20(25)22-13(2)16-10-14(26-3)7-9-19(16)27-4/h6-11,13H,5,12H2,1-4H3,(H,22,25)(H,23,24)/t13-/m1/s1. The zero-order valence-electron chi connectivity index (χ0n) is 16.9. The number of H-pyrrole nitrogens is 1. The van der Waals surface area contributed by atoms with Crippen molar-refractivity contribution in [3.8, 4) is 17.2 Å². The Kier molecular flexibility index (Phi) is 6.87. The molecule has 0 unspecified atom stereocenters. The van der Waals surface area contributed by atoms with Crippen LogP contribution in [0.15, 0.2) is 41.6 Å². The molecule has 0 bridgehead atoms. The molecule has 29 heavy (non-hydrogen) atoms. The fourth-order valence-corrected chi connectivity index (χ4v) is 3.66. The molecule has 1 heterocycles. The van der Waals surface area contributed by atoms with Gasteiger partial charge in [0.25, 0.3) is 0 Å². The van der Waals surface area contributed by atoms with Crippen molar-refractivity contribution >= 4 is 28.7 Å². The van der Waals surface area contributed by atoms with E-state index < -0.39 is 0 Å². The minimum atomic E-state index is -0.224. The summed E-state index contributed by atoms with van der Waals surface area (Å²) in [7, 11) is 3.21. The monoisotopic (exact) mass is 415 g/mol. The lowest BCUT2D eigenvalue weighted by atomic mass is 10.1. The number of benzene rings is 2. The van der Waals surface area contributed by atoms with E-state index in [4.69, 9.17) is 14.2 Å². The Morgan fingerprint density at radius 1 is 1.17 bits per heavy atom. The summed E-state index contributed by atoms with van der Waals surface area (Å²) in [6.07, 6.45) is 0. The highest BCUT2D eigenvalue weighted by Crippen LogP contribution is 2.29. The first-order valence-electron chi connectivity index (χ1n) is 9.30. The second kappa shape index (κ2) is 9.56. The van der Waals surface area contributed by atoms with Crippen LogP contribution in [-0.4, -0.2) is 42.5 Å². The minimum Gasteiger partial charge on any atom is -0.497 e. The Morgan fingerprint density at radius 3 is 2.69 bits per heavy atom. The molecular weight excluding hydrogens is 390 g/mol. The van der Waals surface area contributed by atoms with Gasteiger partial charge in [0, 0.05) is 11.6 Å². The van der Waals surface area contributed by atoms with Crippen LogP contribution >= 0.6 is 11.8 Å². The van der Waals surface area contributed by atoms with Crippen molar-refractivity contribution < 1.29 is 19.0 Å². The minimum absolute atomic E-state index is 0.0946. The van der Waals surface area contributed by atoms with Gasteiger partial charge in [0.2, 0.25) is 5.91 Å². The molecule has 0 radical (unpaired) electrons. The smallest absolute Gasteiger partial charge is 0.230 e. The number of rotatable bonds is 9. The van der Waals surface area contributed by atoms with Gasteiger partial charge in [-0.1, -0.05) is 11.8 Å². The molecule has 0 aliphatic heterocycles. The third kappa shape index (κ3) is 5.14. The second-order valence-corrected chi connectivity index (χ2v) is 7.30. The summed E-state index contributed by atoms with van der Waals surface area (Å²) in [6, 6.07) is 11.0. The van der Waals surface area contributed by atoms with Crippen molar-refractivity contribution in [2.45, 2.75) is 25.0 Å². The predicted molar refractivity (Wildman–Crippen MR) is 114 cm³/mol. The molecule has 0 spiro atoms. The molecule has 0 aliphatic carbocycles. The Labute approximate surface area is 174 Å². The number of nitrogens with zero attached hydrogens (tertiary/aromatic N) is 1. The van der Waals surface area contributed by atoms with Crippen LogP contribution < -0.4 is 19.5 Å². The zero-order chi connectivity index (χ0) is 20.8. The Hall–Kier alpha value is -2.87. The van der Waals surface area contributed by atoms with Crippen molar-refractivity contribution in [1.82, 2.24) is 15.3 Å². The maximum absolute atomic E-state index is 12.4. The van der Waals surface area contributed by atoms with Gasteiger partial charge in [-0.3, -0.25) is 4.79 Å². The summed E-state index contributed by atoms with van der Waals surface area (Å²) in [6.45, 7) is 4.47. The number of hydrogen-bond donors (Lipinski definition) is 2. The van der Waals surface area contributed by atoms with Crippen LogP contribution in [0.4, 0.5) is 0 Å². The Morgan fingerprint density at radius 2 is 1.97 bits per heavy atom.